The number of nitrogens with one attached hydrogen (secondary N) is 1. The fourth-order valence-corrected chi connectivity index (χ4v) is 1.54. The fourth-order valence-electron chi connectivity index (χ4n) is 1.54. The van der Waals surface area contributed by atoms with Crippen molar-refractivity contribution in [1.29, 1.82) is 0 Å². The molecule has 0 fully saturated rings. The third kappa shape index (κ3) is 2.24. The molecule has 1 unspecified atom stereocenters. The third-order valence-electron chi connectivity index (χ3n) is 2.42. The number of nitrogens with two attached hydrogens (primary N) is 1. The molecular weight excluding hydrogens is 200 g/mol. The van der Waals surface area contributed by atoms with Crippen molar-refractivity contribution >= 4 is 0 Å². The van der Waals surface area contributed by atoms with Crippen LogP contribution in [0.4, 0.5) is 0 Å². The Balaban J connectivity index is 2.33. The lowest BCUT2D eigenvalue weighted by molar-refractivity contribution is 0.601. The number of rotatable bonds is 3. The van der Waals surface area contributed by atoms with Gasteiger partial charge in [-0.3, -0.25) is 5.84 Å². The van der Waals surface area contributed by atoms with Crippen LogP contribution in [0.1, 0.15) is 23.0 Å². The number of hydrazine groups is 1. The second-order valence-electron chi connectivity index (χ2n) is 3.62. The van der Waals surface area contributed by atoms with E-state index < -0.39 is 0 Å². The average molecular weight is 214 g/mol. The van der Waals surface area contributed by atoms with Crippen LogP contribution in [0, 0.1) is 6.92 Å². The number of benzene rings is 1. The van der Waals surface area contributed by atoms with Gasteiger partial charge in [-0.2, -0.15) is 0 Å². The Labute approximate surface area is 94.5 Å². The highest BCUT2D eigenvalue weighted by Gasteiger charge is 2.13. The predicted molar refractivity (Wildman–Crippen MR) is 62.4 cm³/mol. The van der Waals surface area contributed by atoms with Crippen molar-refractivity contribution in [2.45, 2.75) is 13.0 Å². The summed E-state index contributed by atoms with van der Waals surface area (Å²) in [6.07, 6.45) is 3.42. The number of aromatic nitrogens is 2. The summed E-state index contributed by atoms with van der Waals surface area (Å²) in [5, 5.41) is 0. The SMILES string of the molecule is Cc1ccc(C(NN)c2ncccn2)cc1. The lowest BCUT2D eigenvalue weighted by atomic mass is 10.1. The maximum atomic E-state index is 5.54. The first-order chi connectivity index (χ1) is 7.81. The molecule has 4 nitrogen and oxygen atoms in total. The second kappa shape index (κ2) is 4.83. The molecule has 2 aromatic rings. The third-order valence-corrected chi connectivity index (χ3v) is 2.42. The Bertz CT molecular complexity index is 438. The molecule has 3 N–H and O–H groups in total. The summed E-state index contributed by atoms with van der Waals surface area (Å²) in [5.41, 5.74) is 5.00. The van der Waals surface area contributed by atoms with Crippen molar-refractivity contribution in [2.75, 3.05) is 0 Å². The van der Waals surface area contributed by atoms with Gasteiger partial charge in [-0.25, -0.2) is 15.4 Å². The normalized spacial score (nSPS) is 12.4. The van der Waals surface area contributed by atoms with E-state index in [9.17, 15) is 0 Å². The minimum absolute atomic E-state index is 0.165. The topological polar surface area (TPSA) is 63.8 Å². The first-order valence-electron chi connectivity index (χ1n) is 5.11. The quantitative estimate of drug-likeness (QED) is 0.597. The van der Waals surface area contributed by atoms with Crippen LogP contribution in [0.3, 0.4) is 0 Å². The molecule has 0 bridgehead atoms. The lowest BCUT2D eigenvalue weighted by Gasteiger charge is -2.14. The summed E-state index contributed by atoms with van der Waals surface area (Å²) in [6.45, 7) is 2.05. The van der Waals surface area contributed by atoms with Gasteiger partial charge in [0, 0.05) is 12.4 Å². The molecule has 0 spiro atoms. The Morgan fingerprint density at radius 2 is 1.75 bits per heavy atom. The molecule has 0 saturated carbocycles. The van der Waals surface area contributed by atoms with Gasteiger partial charge in [0.15, 0.2) is 5.82 Å². The van der Waals surface area contributed by atoms with Gasteiger partial charge in [0.2, 0.25) is 0 Å². The van der Waals surface area contributed by atoms with Crippen LogP contribution in [0.15, 0.2) is 42.7 Å². The smallest absolute Gasteiger partial charge is 0.150 e. The molecule has 0 amide bonds. The molecule has 0 radical (unpaired) electrons. The van der Waals surface area contributed by atoms with Crippen molar-refractivity contribution in [1.82, 2.24) is 15.4 Å². The van der Waals surface area contributed by atoms with Gasteiger partial charge in [0.1, 0.15) is 6.04 Å². The summed E-state index contributed by atoms with van der Waals surface area (Å²) in [7, 11) is 0. The van der Waals surface area contributed by atoms with E-state index in [1.54, 1.807) is 18.5 Å². The van der Waals surface area contributed by atoms with Crippen LogP contribution >= 0.6 is 0 Å². The number of hydrogen-bond acceptors (Lipinski definition) is 4. The van der Waals surface area contributed by atoms with Crippen molar-refractivity contribution in [3.63, 3.8) is 0 Å². The van der Waals surface area contributed by atoms with Gasteiger partial charge >= 0.3 is 0 Å². The molecule has 0 aliphatic rings. The number of hydrogen-bond donors (Lipinski definition) is 2. The van der Waals surface area contributed by atoms with Crippen LogP contribution in [-0.2, 0) is 0 Å². The minimum Gasteiger partial charge on any atom is -0.270 e. The van der Waals surface area contributed by atoms with Crippen LogP contribution in [-0.4, -0.2) is 9.97 Å². The Morgan fingerprint density at radius 3 is 2.31 bits per heavy atom. The zero-order valence-corrected chi connectivity index (χ0v) is 9.09. The highest BCUT2D eigenvalue weighted by molar-refractivity contribution is 5.27. The zero-order valence-electron chi connectivity index (χ0n) is 9.09. The fraction of sp³-hybridized carbons (Fsp3) is 0.167. The van der Waals surface area contributed by atoms with Crippen molar-refractivity contribution in [3.05, 3.63) is 59.7 Å². The second-order valence-corrected chi connectivity index (χ2v) is 3.62. The molecule has 2 rings (SSSR count). The van der Waals surface area contributed by atoms with Crippen LogP contribution in [0.2, 0.25) is 0 Å². The van der Waals surface area contributed by atoms with E-state index in [1.807, 2.05) is 31.2 Å². The van der Waals surface area contributed by atoms with Gasteiger partial charge in [0.25, 0.3) is 0 Å². The molecule has 0 aliphatic carbocycles. The Hall–Kier alpha value is -1.78. The summed E-state index contributed by atoms with van der Waals surface area (Å²) >= 11 is 0. The van der Waals surface area contributed by atoms with Gasteiger partial charge in [-0.1, -0.05) is 29.8 Å². The first-order valence-corrected chi connectivity index (χ1v) is 5.11. The molecule has 0 saturated heterocycles. The van der Waals surface area contributed by atoms with Gasteiger partial charge < -0.3 is 0 Å². The van der Waals surface area contributed by atoms with Crippen molar-refractivity contribution in [2.24, 2.45) is 5.84 Å². The molecular formula is C12H14N4. The summed E-state index contributed by atoms with van der Waals surface area (Å²) < 4.78 is 0. The Kier molecular flexibility index (Phi) is 3.24. The maximum absolute atomic E-state index is 5.54. The monoisotopic (exact) mass is 214 g/mol. The number of nitrogens with zero attached hydrogens (tertiary/aromatic N) is 2. The van der Waals surface area contributed by atoms with E-state index in [1.165, 1.54) is 5.56 Å². The predicted octanol–water partition coefficient (Wildman–Crippen LogP) is 1.34. The molecule has 1 aromatic heterocycles. The van der Waals surface area contributed by atoms with E-state index in [0.717, 1.165) is 5.56 Å². The lowest BCUT2D eigenvalue weighted by Crippen LogP contribution is -2.30. The van der Waals surface area contributed by atoms with Gasteiger partial charge in [-0.05, 0) is 18.6 Å². The standard InChI is InChI=1S/C12H14N4/c1-9-3-5-10(6-4-9)11(16-13)12-14-7-2-8-15-12/h2-8,11,16H,13H2,1H3. The van der Waals surface area contributed by atoms with Crippen molar-refractivity contribution < 1.29 is 0 Å². The molecule has 4 heteroatoms. The average Bonchev–Trinajstić information content (AvgIpc) is 2.34. The van der Waals surface area contributed by atoms with Gasteiger partial charge in [-0.15, -0.1) is 0 Å². The molecule has 16 heavy (non-hydrogen) atoms. The first kappa shape index (κ1) is 10.7. The summed E-state index contributed by atoms with van der Waals surface area (Å²) in [6, 6.07) is 9.76. The van der Waals surface area contributed by atoms with E-state index >= 15 is 0 Å². The largest absolute Gasteiger partial charge is 0.270 e. The van der Waals surface area contributed by atoms with Crippen LogP contribution in [0.5, 0.6) is 0 Å². The van der Waals surface area contributed by atoms with E-state index in [4.69, 9.17) is 5.84 Å². The van der Waals surface area contributed by atoms with E-state index in [-0.39, 0.29) is 6.04 Å². The highest BCUT2D eigenvalue weighted by atomic mass is 15.2. The molecule has 1 aromatic carbocycles. The molecule has 1 heterocycles. The number of aryl methyl sites for hydroxylation is 1. The maximum Gasteiger partial charge on any atom is 0.150 e. The Morgan fingerprint density at radius 1 is 1.12 bits per heavy atom. The van der Waals surface area contributed by atoms with E-state index in [0.29, 0.717) is 5.82 Å². The minimum atomic E-state index is -0.165. The van der Waals surface area contributed by atoms with Gasteiger partial charge in [0.05, 0.1) is 0 Å². The van der Waals surface area contributed by atoms with Crippen LogP contribution < -0.4 is 11.3 Å². The molecule has 82 valence electrons. The summed E-state index contributed by atoms with van der Waals surface area (Å²) in [5.74, 6) is 6.22. The highest BCUT2D eigenvalue weighted by Crippen LogP contribution is 2.17. The van der Waals surface area contributed by atoms with E-state index in [2.05, 4.69) is 15.4 Å². The van der Waals surface area contributed by atoms with Crippen LogP contribution in [0.25, 0.3) is 0 Å². The molecule has 1 atom stereocenters. The zero-order chi connectivity index (χ0) is 11.4. The summed E-state index contributed by atoms with van der Waals surface area (Å²) in [4.78, 5) is 8.39. The van der Waals surface area contributed by atoms with Crippen molar-refractivity contribution in [3.8, 4) is 0 Å². The molecule has 0 aliphatic heterocycles.